The van der Waals surface area contributed by atoms with Gasteiger partial charge in [0.25, 0.3) is 11.8 Å². The van der Waals surface area contributed by atoms with Gasteiger partial charge in [0.2, 0.25) is 0 Å². The van der Waals surface area contributed by atoms with E-state index in [1.165, 1.54) is 19.9 Å². The molecule has 0 bridgehead atoms. The number of phenols is 1. The van der Waals surface area contributed by atoms with Crippen molar-refractivity contribution in [3.63, 3.8) is 0 Å². The lowest BCUT2D eigenvalue weighted by Crippen LogP contribution is -2.37. The number of anilines is 1. The molecule has 0 aliphatic carbocycles. The Kier molecular flexibility index (Phi) is 7.34. The molecular formula is C21H24F3N3O5. The molecule has 0 fully saturated rings. The van der Waals surface area contributed by atoms with Crippen molar-refractivity contribution < 1.29 is 37.7 Å². The zero-order valence-electron chi connectivity index (χ0n) is 17.9. The van der Waals surface area contributed by atoms with Gasteiger partial charge in [-0.25, -0.2) is 4.98 Å². The van der Waals surface area contributed by atoms with Gasteiger partial charge in [0.1, 0.15) is 22.9 Å². The fourth-order valence-electron chi connectivity index (χ4n) is 2.59. The maximum Gasteiger partial charge on any atom is 0.422 e. The highest BCUT2D eigenvalue weighted by atomic mass is 19.4. The normalized spacial score (nSPS) is 12.8. The molecule has 1 unspecified atom stereocenters. The van der Waals surface area contributed by atoms with Crippen LogP contribution >= 0.6 is 0 Å². The summed E-state index contributed by atoms with van der Waals surface area (Å²) in [6.45, 7) is 4.47. The molecule has 1 aromatic carbocycles. The van der Waals surface area contributed by atoms with Crippen molar-refractivity contribution in [2.24, 2.45) is 0 Å². The van der Waals surface area contributed by atoms with Crippen LogP contribution in [0.3, 0.4) is 0 Å². The van der Waals surface area contributed by atoms with Crippen molar-refractivity contribution in [3.05, 3.63) is 47.2 Å². The van der Waals surface area contributed by atoms with E-state index in [1.807, 2.05) is 0 Å². The minimum atomic E-state index is -4.53. The first-order valence-electron chi connectivity index (χ1n) is 9.51. The van der Waals surface area contributed by atoms with E-state index in [4.69, 9.17) is 0 Å². The van der Waals surface area contributed by atoms with Crippen molar-refractivity contribution in [2.45, 2.75) is 45.5 Å². The average molecular weight is 455 g/mol. The number of amides is 2. The summed E-state index contributed by atoms with van der Waals surface area (Å²) in [5, 5.41) is 25.0. The van der Waals surface area contributed by atoms with Crippen LogP contribution in [0.4, 0.5) is 19.0 Å². The maximum atomic E-state index is 12.5. The topological polar surface area (TPSA) is 121 Å². The number of aryl methyl sites for hydroxylation is 1. The van der Waals surface area contributed by atoms with Gasteiger partial charge in [-0.05, 0) is 57.5 Å². The molecule has 2 rings (SSSR count). The van der Waals surface area contributed by atoms with Gasteiger partial charge in [-0.2, -0.15) is 13.2 Å². The van der Waals surface area contributed by atoms with Gasteiger partial charge < -0.3 is 25.6 Å². The molecule has 0 aliphatic heterocycles. The highest BCUT2D eigenvalue weighted by Crippen LogP contribution is 2.26. The van der Waals surface area contributed by atoms with Crippen LogP contribution in [0.2, 0.25) is 0 Å². The Balaban J connectivity index is 2.13. The minimum Gasteiger partial charge on any atom is -0.507 e. The monoisotopic (exact) mass is 455 g/mol. The molecule has 0 aliphatic rings. The van der Waals surface area contributed by atoms with Gasteiger partial charge in [0.15, 0.2) is 6.61 Å². The third-order valence-electron chi connectivity index (χ3n) is 4.24. The molecule has 8 nitrogen and oxygen atoms in total. The number of aromatic hydroxyl groups is 1. The van der Waals surface area contributed by atoms with Crippen molar-refractivity contribution >= 4 is 17.6 Å². The smallest absolute Gasteiger partial charge is 0.422 e. The molecule has 0 radical (unpaired) electrons. The van der Waals surface area contributed by atoms with E-state index < -0.39 is 42.0 Å². The summed E-state index contributed by atoms with van der Waals surface area (Å²) in [7, 11) is 0. The highest BCUT2D eigenvalue weighted by Gasteiger charge is 2.29. The second-order valence-electron chi connectivity index (χ2n) is 7.72. The number of rotatable bonds is 7. The molecule has 2 aromatic rings. The summed E-state index contributed by atoms with van der Waals surface area (Å²) in [5.74, 6) is -1.92. The molecule has 1 atom stereocenters. The van der Waals surface area contributed by atoms with Crippen molar-refractivity contribution in [2.75, 3.05) is 11.9 Å². The summed E-state index contributed by atoms with van der Waals surface area (Å²) in [5.41, 5.74) is -0.637. The Morgan fingerprint density at radius 2 is 1.84 bits per heavy atom. The van der Waals surface area contributed by atoms with Gasteiger partial charge in [0, 0.05) is 11.8 Å². The SMILES string of the molecule is Cc1cc(C(C)NC(=O)c2ccc(OCC(F)(F)F)cc2O)cc(NC(=O)C(C)(C)O)n1. The number of alkyl halides is 3. The molecular weight excluding hydrogens is 431 g/mol. The van der Waals surface area contributed by atoms with Gasteiger partial charge in [0.05, 0.1) is 11.6 Å². The van der Waals surface area contributed by atoms with E-state index in [1.54, 1.807) is 19.9 Å². The summed E-state index contributed by atoms with van der Waals surface area (Å²) < 4.78 is 41.3. The summed E-state index contributed by atoms with van der Waals surface area (Å²) >= 11 is 0. The number of benzene rings is 1. The lowest BCUT2D eigenvalue weighted by atomic mass is 10.1. The molecule has 0 saturated heterocycles. The van der Waals surface area contributed by atoms with Crippen LogP contribution < -0.4 is 15.4 Å². The fourth-order valence-corrected chi connectivity index (χ4v) is 2.59. The molecule has 4 N–H and O–H groups in total. The van der Waals surface area contributed by atoms with Crippen LogP contribution in [0.5, 0.6) is 11.5 Å². The van der Waals surface area contributed by atoms with Gasteiger partial charge in [-0.3, -0.25) is 9.59 Å². The number of hydrogen-bond donors (Lipinski definition) is 4. The van der Waals surface area contributed by atoms with Gasteiger partial charge in [-0.15, -0.1) is 0 Å². The Morgan fingerprint density at radius 1 is 1.19 bits per heavy atom. The van der Waals surface area contributed by atoms with Crippen LogP contribution in [-0.4, -0.2) is 45.4 Å². The molecule has 0 spiro atoms. The number of aliphatic hydroxyl groups is 1. The molecule has 1 heterocycles. The van der Waals surface area contributed by atoms with E-state index in [-0.39, 0.29) is 17.1 Å². The van der Waals surface area contributed by atoms with Gasteiger partial charge >= 0.3 is 6.18 Å². The zero-order chi connectivity index (χ0) is 24.3. The van der Waals surface area contributed by atoms with E-state index in [2.05, 4.69) is 20.4 Å². The first-order valence-corrected chi connectivity index (χ1v) is 9.51. The quantitative estimate of drug-likeness (QED) is 0.509. The first-order chi connectivity index (χ1) is 14.7. The van der Waals surface area contributed by atoms with Crippen molar-refractivity contribution in [1.82, 2.24) is 10.3 Å². The van der Waals surface area contributed by atoms with Crippen molar-refractivity contribution in [3.8, 4) is 11.5 Å². The number of ether oxygens (including phenoxy) is 1. The lowest BCUT2D eigenvalue weighted by molar-refractivity contribution is -0.153. The van der Waals surface area contributed by atoms with Crippen molar-refractivity contribution in [1.29, 1.82) is 0 Å². The van der Waals surface area contributed by atoms with Gasteiger partial charge in [-0.1, -0.05) is 0 Å². The van der Waals surface area contributed by atoms with E-state index >= 15 is 0 Å². The van der Waals surface area contributed by atoms with Crippen LogP contribution in [0.15, 0.2) is 30.3 Å². The number of aromatic nitrogens is 1. The summed E-state index contributed by atoms with van der Waals surface area (Å²) in [4.78, 5) is 28.7. The molecule has 11 heteroatoms. The van der Waals surface area contributed by atoms with E-state index in [0.29, 0.717) is 11.3 Å². The van der Waals surface area contributed by atoms with Crippen LogP contribution in [-0.2, 0) is 4.79 Å². The molecule has 1 aromatic heterocycles. The number of nitrogens with zero attached hydrogens (tertiary/aromatic N) is 1. The number of pyridine rings is 1. The molecule has 2 amide bonds. The zero-order valence-corrected chi connectivity index (χ0v) is 17.9. The first kappa shape index (κ1) is 24.9. The average Bonchev–Trinajstić information content (AvgIpc) is 2.64. The Morgan fingerprint density at radius 3 is 2.41 bits per heavy atom. The molecule has 32 heavy (non-hydrogen) atoms. The predicted molar refractivity (Wildman–Crippen MR) is 109 cm³/mol. The standard InChI is InChI=1S/C21H24F3N3O5/c1-11-7-13(8-17(25-11)27-19(30)20(3,4)31)12(2)26-18(29)15-6-5-14(9-16(15)28)32-10-21(22,23)24/h5-9,12,28,31H,10H2,1-4H3,(H,26,29)(H,25,27,30). The third kappa shape index (κ3) is 7.12. The van der Waals surface area contributed by atoms with E-state index in [9.17, 15) is 33.0 Å². The van der Waals surface area contributed by atoms with Crippen LogP contribution in [0, 0.1) is 6.92 Å². The molecule has 0 saturated carbocycles. The Bertz CT molecular complexity index is 1000. The number of carbonyl (C=O) groups is 2. The highest BCUT2D eigenvalue weighted by molar-refractivity contribution is 5.97. The number of carbonyl (C=O) groups excluding carboxylic acids is 2. The summed E-state index contributed by atoms with van der Waals surface area (Å²) in [6.07, 6.45) is -4.53. The third-order valence-corrected chi connectivity index (χ3v) is 4.24. The maximum absolute atomic E-state index is 12.5. The number of phenolic OH excluding ortho intramolecular Hbond substituents is 1. The minimum absolute atomic E-state index is 0.155. The molecule has 174 valence electrons. The lowest BCUT2D eigenvalue weighted by Gasteiger charge is -2.19. The second-order valence-corrected chi connectivity index (χ2v) is 7.72. The second kappa shape index (κ2) is 9.43. The number of nitrogens with one attached hydrogen (secondary N) is 2. The summed E-state index contributed by atoms with van der Waals surface area (Å²) in [6, 6.07) is 5.84. The van der Waals surface area contributed by atoms with Crippen LogP contribution in [0.1, 0.15) is 48.4 Å². The van der Waals surface area contributed by atoms with Crippen LogP contribution in [0.25, 0.3) is 0 Å². The van der Waals surface area contributed by atoms with E-state index in [0.717, 1.165) is 18.2 Å². The predicted octanol–water partition coefficient (Wildman–Crippen LogP) is 3.24. The number of hydrogen-bond acceptors (Lipinski definition) is 6. The Labute approximate surface area is 182 Å². The fraction of sp³-hybridized carbons (Fsp3) is 0.381. The number of halogens is 3. The largest absolute Gasteiger partial charge is 0.507 e. The Hall–Kier alpha value is -3.34.